The summed E-state index contributed by atoms with van der Waals surface area (Å²) in [5.74, 6) is 0.743. The van der Waals surface area contributed by atoms with Crippen LogP contribution in [0.25, 0.3) is 0 Å². The lowest BCUT2D eigenvalue weighted by atomic mass is 10.3. The molecule has 1 aromatic heterocycles. The highest BCUT2D eigenvalue weighted by Gasteiger charge is 2.10. The average Bonchev–Trinajstić information content (AvgIpc) is 2.39. The first-order valence-corrected chi connectivity index (χ1v) is 6.21. The summed E-state index contributed by atoms with van der Waals surface area (Å²) >= 11 is 7.17. The molecular formula is C12H9ClN2O2S. The van der Waals surface area contributed by atoms with Gasteiger partial charge in [-0.2, -0.15) is 0 Å². The van der Waals surface area contributed by atoms with Crippen LogP contribution in [0.1, 0.15) is 10.4 Å². The molecule has 0 fully saturated rings. The molecule has 4 nitrogen and oxygen atoms in total. The van der Waals surface area contributed by atoms with E-state index in [2.05, 4.69) is 9.97 Å². The van der Waals surface area contributed by atoms with E-state index >= 15 is 0 Å². The summed E-state index contributed by atoms with van der Waals surface area (Å²) in [4.78, 5) is 19.7. The normalized spacial score (nSPS) is 10.1. The van der Waals surface area contributed by atoms with Gasteiger partial charge in [-0.05, 0) is 18.2 Å². The van der Waals surface area contributed by atoms with Gasteiger partial charge in [0.1, 0.15) is 22.3 Å². The number of hydrogen-bond acceptors (Lipinski definition) is 5. The Bertz CT molecular complexity index is 578. The van der Waals surface area contributed by atoms with E-state index in [1.807, 2.05) is 24.3 Å². The van der Waals surface area contributed by atoms with Gasteiger partial charge in [0, 0.05) is 4.90 Å². The molecule has 6 heteroatoms. The van der Waals surface area contributed by atoms with Crippen LogP contribution < -0.4 is 4.74 Å². The van der Waals surface area contributed by atoms with Crippen LogP contribution in [0, 0.1) is 0 Å². The molecule has 0 unspecified atom stereocenters. The summed E-state index contributed by atoms with van der Waals surface area (Å²) in [6.07, 6.45) is 1.99. The summed E-state index contributed by atoms with van der Waals surface area (Å²) in [7, 11) is 1.60. The van der Waals surface area contributed by atoms with Crippen LogP contribution >= 0.6 is 23.4 Å². The highest BCUT2D eigenvalue weighted by molar-refractivity contribution is 7.99. The number of carbonyl (C=O) groups is 1. The van der Waals surface area contributed by atoms with Gasteiger partial charge in [-0.25, -0.2) is 9.97 Å². The molecule has 2 aromatic rings. The number of methoxy groups -OCH3 is 1. The van der Waals surface area contributed by atoms with Crippen LogP contribution in [0.2, 0.25) is 5.15 Å². The van der Waals surface area contributed by atoms with Crippen molar-refractivity contribution in [2.45, 2.75) is 9.92 Å². The molecule has 0 saturated carbocycles. The van der Waals surface area contributed by atoms with Crippen LogP contribution in [0.5, 0.6) is 5.75 Å². The molecule has 0 radical (unpaired) electrons. The minimum absolute atomic E-state index is 0.158. The number of benzene rings is 1. The number of carbonyl (C=O) groups excluding carboxylic acids is 1. The third-order valence-electron chi connectivity index (χ3n) is 2.17. The highest BCUT2D eigenvalue weighted by Crippen LogP contribution is 2.31. The second-order valence-electron chi connectivity index (χ2n) is 3.28. The van der Waals surface area contributed by atoms with E-state index in [0.717, 1.165) is 10.6 Å². The monoisotopic (exact) mass is 280 g/mol. The summed E-state index contributed by atoms with van der Waals surface area (Å²) in [5.41, 5.74) is 0.298. The lowest BCUT2D eigenvalue weighted by molar-refractivity contribution is 0.112. The predicted octanol–water partition coefficient (Wildman–Crippen LogP) is 3.10. The van der Waals surface area contributed by atoms with Gasteiger partial charge in [0.05, 0.1) is 12.7 Å². The largest absolute Gasteiger partial charge is 0.497 e. The van der Waals surface area contributed by atoms with Gasteiger partial charge in [0.15, 0.2) is 6.29 Å². The number of ether oxygens (including phenoxy) is 1. The Morgan fingerprint density at radius 2 is 2.22 bits per heavy atom. The smallest absolute Gasteiger partial charge is 0.155 e. The minimum atomic E-state index is 0.158. The molecule has 0 aliphatic rings. The molecule has 0 N–H and O–H groups in total. The third kappa shape index (κ3) is 2.80. The average molecular weight is 281 g/mol. The molecule has 18 heavy (non-hydrogen) atoms. The maximum atomic E-state index is 11.0. The van der Waals surface area contributed by atoms with Crippen LogP contribution in [0.4, 0.5) is 0 Å². The molecule has 0 spiro atoms. The topological polar surface area (TPSA) is 52.1 Å². The zero-order chi connectivity index (χ0) is 13.0. The summed E-state index contributed by atoms with van der Waals surface area (Å²) in [6, 6.07) is 7.47. The first-order chi connectivity index (χ1) is 8.74. The Kier molecular flexibility index (Phi) is 4.17. The van der Waals surface area contributed by atoms with Crippen molar-refractivity contribution in [3.63, 3.8) is 0 Å². The third-order valence-corrected chi connectivity index (χ3v) is 3.48. The second kappa shape index (κ2) is 5.84. The number of hydrogen-bond donors (Lipinski definition) is 0. The molecule has 1 aromatic carbocycles. The van der Waals surface area contributed by atoms with E-state index in [0.29, 0.717) is 16.9 Å². The highest BCUT2D eigenvalue weighted by atomic mass is 35.5. The van der Waals surface area contributed by atoms with Gasteiger partial charge >= 0.3 is 0 Å². The predicted molar refractivity (Wildman–Crippen MR) is 69.5 cm³/mol. The molecular weight excluding hydrogens is 272 g/mol. The van der Waals surface area contributed by atoms with Crippen molar-refractivity contribution in [1.29, 1.82) is 0 Å². The van der Waals surface area contributed by atoms with Crippen LogP contribution in [0.3, 0.4) is 0 Å². The van der Waals surface area contributed by atoms with Crippen LogP contribution in [-0.2, 0) is 0 Å². The van der Waals surface area contributed by atoms with Crippen molar-refractivity contribution in [2.75, 3.05) is 7.11 Å². The van der Waals surface area contributed by atoms with Crippen molar-refractivity contribution in [1.82, 2.24) is 9.97 Å². The van der Waals surface area contributed by atoms with Crippen LogP contribution in [0.15, 0.2) is 40.5 Å². The lowest BCUT2D eigenvalue weighted by Gasteiger charge is -2.05. The zero-order valence-corrected chi connectivity index (χ0v) is 11.0. The number of rotatable bonds is 4. The molecule has 0 bridgehead atoms. The Morgan fingerprint density at radius 3 is 2.94 bits per heavy atom. The Morgan fingerprint density at radius 1 is 1.39 bits per heavy atom. The van der Waals surface area contributed by atoms with Crippen molar-refractivity contribution in [2.24, 2.45) is 0 Å². The Balaban J connectivity index is 2.33. The quantitative estimate of drug-likeness (QED) is 0.636. The number of halogens is 1. The van der Waals surface area contributed by atoms with Crippen molar-refractivity contribution >= 4 is 29.6 Å². The van der Waals surface area contributed by atoms with Gasteiger partial charge in [-0.1, -0.05) is 29.4 Å². The molecule has 92 valence electrons. The van der Waals surface area contributed by atoms with Crippen molar-refractivity contribution < 1.29 is 9.53 Å². The summed E-state index contributed by atoms with van der Waals surface area (Å²) in [6.45, 7) is 0. The molecule has 0 aliphatic heterocycles. The zero-order valence-electron chi connectivity index (χ0n) is 9.46. The maximum Gasteiger partial charge on any atom is 0.155 e. The molecule has 0 aliphatic carbocycles. The Hall–Kier alpha value is -1.59. The molecule has 0 amide bonds. The van der Waals surface area contributed by atoms with E-state index < -0.39 is 0 Å². The summed E-state index contributed by atoms with van der Waals surface area (Å²) in [5, 5.41) is 0.684. The molecule has 0 saturated heterocycles. The lowest BCUT2D eigenvalue weighted by Crippen LogP contribution is -1.93. The molecule has 1 heterocycles. The number of nitrogens with zero attached hydrogens (tertiary/aromatic N) is 2. The summed E-state index contributed by atoms with van der Waals surface area (Å²) < 4.78 is 5.13. The van der Waals surface area contributed by atoms with Gasteiger partial charge < -0.3 is 4.74 Å². The second-order valence-corrected chi connectivity index (χ2v) is 4.70. The fourth-order valence-electron chi connectivity index (χ4n) is 1.32. The SMILES string of the molecule is COc1cccc(Sc2ncnc(Cl)c2C=O)c1. The standard InChI is InChI=1S/C12H9ClN2O2S/c1-17-8-3-2-4-9(5-8)18-12-10(6-16)11(13)14-7-15-12/h2-7H,1H3. The van der Waals surface area contributed by atoms with Gasteiger partial charge in [-0.15, -0.1) is 0 Å². The molecule has 2 rings (SSSR count). The van der Waals surface area contributed by atoms with E-state index in [1.54, 1.807) is 7.11 Å². The van der Waals surface area contributed by atoms with Gasteiger partial charge in [0.25, 0.3) is 0 Å². The van der Waals surface area contributed by atoms with Gasteiger partial charge in [-0.3, -0.25) is 4.79 Å². The van der Waals surface area contributed by atoms with E-state index in [4.69, 9.17) is 16.3 Å². The number of aromatic nitrogens is 2. The minimum Gasteiger partial charge on any atom is -0.497 e. The fourth-order valence-corrected chi connectivity index (χ4v) is 2.45. The first-order valence-electron chi connectivity index (χ1n) is 5.02. The molecule has 0 atom stereocenters. The van der Waals surface area contributed by atoms with E-state index in [9.17, 15) is 4.79 Å². The van der Waals surface area contributed by atoms with E-state index in [-0.39, 0.29) is 5.15 Å². The first kappa shape index (κ1) is 12.9. The van der Waals surface area contributed by atoms with Crippen LogP contribution in [-0.4, -0.2) is 23.4 Å². The Labute approximate surface area is 113 Å². The van der Waals surface area contributed by atoms with Crippen molar-refractivity contribution in [3.05, 3.63) is 41.3 Å². The maximum absolute atomic E-state index is 11.0. The van der Waals surface area contributed by atoms with Crippen molar-refractivity contribution in [3.8, 4) is 5.75 Å². The van der Waals surface area contributed by atoms with Gasteiger partial charge in [0.2, 0.25) is 0 Å². The van der Waals surface area contributed by atoms with E-state index in [1.165, 1.54) is 18.1 Å². The number of aldehydes is 1. The fraction of sp³-hybridized carbons (Fsp3) is 0.0833.